The normalized spacial score (nSPS) is 14.7. The Morgan fingerprint density at radius 3 is 2.53 bits per heavy atom. The zero-order chi connectivity index (χ0) is 12.8. The molecule has 0 aliphatic carbocycles. The van der Waals surface area contributed by atoms with Crippen LogP contribution >= 0.6 is 0 Å². The zero-order valence-electron chi connectivity index (χ0n) is 11.7. The molecule has 0 aliphatic heterocycles. The van der Waals surface area contributed by atoms with Crippen LogP contribution in [0, 0.1) is 5.92 Å². The van der Waals surface area contributed by atoms with E-state index in [1.165, 1.54) is 12.0 Å². The standard InChI is InChI=1S/C15H25NO/c1-6-15(12(2)11-16(3)4)13-8-7-9-14(10-13)17-5/h7-10,12,15H,6,11H2,1-5H3/t12-,15?/m1/s1. The molecular formula is C15H25NO. The van der Waals surface area contributed by atoms with Crippen LogP contribution in [0.1, 0.15) is 31.7 Å². The van der Waals surface area contributed by atoms with Crippen molar-refractivity contribution in [3.05, 3.63) is 29.8 Å². The van der Waals surface area contributed by atoms with E-state index in [9.17, 15) is 0 Å². The van der Waals surface area contributed by atoms with Gasteiger partial charge in [-0.2, -0.15) is 0 Å². The topological polar surface area (TPSA) is 12.5 Å². The number of rotatable bonds is 6. The van der Waals surface area contributed by atoms with Gasteiger partial charge in [0.05, 0.1) is 7.11 Å². The van der Waals surface area contributed by atoms with E-state index in [2.05, 4.69) is 51.0 Å². The Morgan fingerprint density at radius 2 is 2.00 bits per heavy atom. The molecule has 17 heavy (non-hydrogen) atoms. The number of ether oxygens (including phenoxy) is 1. The lowest BCUT2D eigenvalue weighted by molar-refractivity contribution is 0.301. The summed E-state index contributed by atoms with van der Waals surface area (Å²) in [6.07, 6.45) is 1.17. The second kappa shape index (κ2) is 6.65. The third kappa shape index (κ3) is 4.04. The second-order valence-corrected chi connectivity index (χ2v) is 5.03. The maximum absolute atomic E-state index is 5.30. The van der Waals surface area contributed by atoms with Gasteiger partial charge < -0.3 is 9.64 Å². The highest BCUT2D eigenvalue weighted by molar-refractivity contribution is 5.31. The van der Waals surface area contributed by atoms with Crippen molar-refractivity contribution in [1.82, 2.24) is 4.90 Å². The van der Waals surface area contributed by atoms with Gasteiger partial charge in [-0.3, -0.25) is 0 Å². The molecule has 0 aromatic heterocycles. The molecule has 1 rings (SSSR count). The van der Waals surface area contributed by atoms with Gasteiger partial charge in [-0.05, 0) is 50.0 Å². The van der Waals surface area contributed by atoms with Crippen molar-refractivity contribution in [2.75, 3.05) is 27.7 Å². The molecule has 0 spiro atoms. The fourth-order valence-electron chi connectivity index (χ4n) is 2.54. The summed E-state index contributed by atoms with van der Waals surface area (Å²) in [5.74, 6) is 2.22. The number of nitrogens with zero attached hydrogens (tertiary/aromatic N) is 1. The average Bonchev–Trinajstić information content (AvgIpc) is 2.29. The van der Waals surface area contributed by atoms with Crippen molar-refractivity contribution in [2.24, 2.45) is 5.92 Å². The largest absolute Gasteiger partial charge is 0.497 e. The Balaban J connectivity index is 2.84. The van der Waals surface area contributed by atoms with Crippen molar-refractivity contribution < 1.29 is 4.74 Å². The molecule has 0 aliphatic rings. The Hall–Kier alpha value is -1.02. The number of hydrogen-bond acceptors (Lipinski definition) is 2. The van der Waals surface area contributed by atoms with Crippen LogP contribution in [0.25, 0.3) is 0 Å². The zero-order valence-corrected chi connectivity index (χ0v) is 11.7. The maximum atomic E-state index is 5.30. The molecule has 96 valence electrons. The molecule has 0 bridgehead atoms. The molecule has 0 radical (unpaired) electrons. The third-order valence-corrected chi connectivity index (χ3v) is 3.30. The lowest BCUT2D eigenvalue weighted by Gasteiger charge is -2.26. The van der Waals surface area contributed by atoms with Crippen LogP contribution in [0.15, 0.2) is 24.3 Å². The van der Waals surface area contributed by atoms with Gasteiger partial charge in [0.1, 0.15) is 5.75 Å². The van der Waals surface area contributed by atoms with E-state index in [-0.39, 0.29) is 0 Å². The summed E-state index contributed by atoms with van der Waals surface area (Å²) in [6, 6.07) is 8.47. The average molecular weight is 235 g/mol. The van der Waals surface area contributed by atoms with E-state index < -0.39 is 0 Å². The van der Waals surface area contributed by atoms with Gasteiger partial charge in [-0.25, -0.2) is 0 Å². The first-order valence-corrected chi connectivity index (χ1v) is 6.37. The van der Waals surface area contributed by atoms with Crippen molar-refractivity contribution in [1.29, 1.82) is 0 Å². The van der Waals surface area contributed by atoms with E-state index in [0.717, 1.165) is 12.3 Å². The Labute approximate surface area is 106 Å². The maximum Gasteiger partial charge on any atom is 0.119 e. The van der Waals surface area contributed by atoms with E-state index in [4.69, 9.17) is 4.74 Å². The molecule has 0 saturated heterocycles. The molecule has 1 unspecified atom stereocenters. The lowest BCUT2D eigenvalue weighted by atomic mass is 9.85. The van der Waals surface area contributed by atoms with Crippen LogP contribution < -0.4 is 4.74 Å². The van der Waals surface area contributed by atoms with Gasteiger partial charge in [-0.1, -0.05) is 26.0 Å². The summed E-state index contributed by atoms with van der Waals surface area (Å²) >= 11 is 0. The highest BCUT2D eigenvalue weighted by Crippen LogP contribution is 2.30. The summed E-state index contributed by atoms with van der Waals surface area (Å²) in [5.41, 5.74) is 1.39. The van der Waals surface area contributed by atoms with Gasteiger partial charge >= 0.3 is 0 Å². The van der Waals surface area contributed by atoms with Crippen LogP contribution in [0.5, 0.6) is 5.75 Å². The van der Waals surface area contributed by atoms with Crippen molar-refractivity contribution in [3.8, 4) is 5.75 Å². The molecule has 1 aromatic rings. The van der Waals surface area contributed by atoms with Gasteiger partial charge in [0, 0.05) is 6.54 Å². The molecule has 1 aromatic carbocycles. The van der Waals surface area contributed by atoms with Gasteiger partial charge in [0.15, 0.2) is 0 Å². The second-order valence-electron chi connectivity index (χ2n) is 5.03. The van der Waals surface area contributed by atoms with Crippen LogP contribution in [-0.4, -0.2) is 32.6 Å². The lowest BCUT2D eigenvalue weighted by Crippen LogP contribution is -2.24. The number of benzene rings is 1. The molecule has 0 heterocycles. The highest BCUT2D eigenvalue weighted by Gasteiger charge is 2.18. The minimum atomic E-state index is 0.604. The van der Waals surface area contributed by atoms with Crippen molar-refractivity contribution >= 4 is 0 Å². The predicted octanol–water partition coefficient (Wildman–Crippen LogP) is 3.39. The highest BCUT2D eigenvalue weighted by atomic mass is 16.5. The molecule has 2 atom stereocenters. The molecule has 0 saturated carbocycles. The summed E-state index contributed by atoms with van der Waals surface area (Å²) in [5, 5.41) is 0. The minimum Gasteiger partial charge on any atom is -0.497 e. The van der Waals surface area contributed by atoms with Crippen LogP contribution in [0.3, 0.4) is 0 Å². The smallest absolute Gasteiger partial charge is 0.119 e. The summed E-state index contributed by atoms with van der Waals surface area (Å²) in [7, 11) is 5.99. The number of hydrogen-bond donors (Lipinski definition) is 0. The summed E-state index contributed by atoms with van der Waals surface area (Å²) < 4.78 is 5.30. The molecule has 2 nitrogen and oxygen atoms in total. The quantitative estimate of drug-likeness (QED) is 0.749. The van der Waals surface area contributed by atoms with Crippen molar-refractivity contribution in [2.45, 2.75) is 26.2 Å². The van der Waals surface area contributed by atoms with E-state index in [1.54, 1.807) is 7.11 Å². The molecule has 0 fully saturated rings. The first-order valence-electron chi connectivity index (χ1n) is 6.37. The molecule has 0 amide bonds. The molecule has 2 heteroatoms. The molecule has 0 N–H and O–H groups in total. The third-order valence-electron chi connectivity index (χ3n) is 3.30. The van der Waals surface area contributed by atoms with Crippen LogP contribution in [-0.2, 0) is 0 Å². The van der Waals surface area contributed by atoms with E-state index in [1.807, 2.05) is 6.07 Å². The summed E-state index contributed by atoms with van der Waals surface area (Å²) in [6.45, 7) is 5.71. The van der Waals surface area contributed by atoms with Gasteiger partial charge in [0.25, 0.3) is 0 Å². The summed E-state index contributed by atoms with van der Waals surface area (Å²) in [4.78, 5) is 2.26. The van der Waals surface area contributed by atoms with E-state index >= 15 is 0 Å². The van der Waals surface area contributed by atoms with Crippen LogP contribution in [0.4, 0.5) is 0 Å². The minimum absolute atomic E-state index is 0.604. The van der Waals surface area contributed by atoms with Gasteiger partial charge in [0.2, 0.25) is 0 Å². The molecular weight excluding hydrogens is 210 g/mol. The predicted molar refractivity (Wildman–Crippen MR) is 73.7 cm³/mol. The Bertz CT molecular complexity index is 335. The van der Waals surface area contributed by atoms with E-state index in [0.29, 0.717) is 11.8 Å². The Kier molecular flexibility index (Phi) is 5.49. The fourth-order valence-corrected chi connectivity index (χ4v) is 2.54. The Morgan fingerprint density at radius 1 is 1.29 bits per heavy atom. The van der Waals surface area contributed by atoms with Gasteiger partial charge in [-0.15, -0.1) is 0 Å². The number of methoxy groups -OCH3 is 1. The monoisotopic (exact) mass is 235 g/mol. The van der Waals surface area contributed by atoms with Crippen molar-refractivity contribution in [3.63, 3.8) is 0 Å². The SMILES string of the molecule is CCC(c1cccc(OC)c1)[C@H](C)CN(C)C. The van der Waals surface area contributed by atoms with Crippen LogP contribution in [0.2, 0.25) is 0 Å². The first kappa shape index (κ1) is 14.0. The fraction of sp³-hybridized carbons (Fsp3) is 0.600. The first-order chi connectivity index (χ1) is 8.08.